The molecule has 0 atom stereocenters. The Bertz CT molecular complexity index is 823. The molecule has 0 aliphatic heterocycles. The summed E-state index contributed by atoms with van der Waals surface area (Å²) in [5.41, 5.74) is 4.14. The molecule has 15 nitrogen and oxygen atoms in total. The Morgan fingerprint density at radius 2 is 1.08 bits per heavy atom. The van der Waals surface area contributed by atoms with Crippen LogP contribution in [0, 0.1) is 34.0 Å². The molecule has 38 heavy (non-hydrogen) atoms. The van der Waals surface area contributed by atoms with Gasteiger partial charge in [-0.05, 0) is 0 Å². The van der Waals surface area contributed by atoms with E-state index in [9.17, 15) is 19.2 Å². The van der Waals surface area contributed by atoms with E-state index in [-0.39, 0.29) is 110 Å². The molecule has 0 heterocycles. The average molecular weight is 537 g/mol. The lowest BCUT2D eigenvalue weighted by atomic mass is 10.0. The minimum atomic E-state index is -1.31. The lowest BCUT2D eigenvalue weighted by Crippen LogP contribution is -2.60. The maximum atomic E-state index is 12.2. The van der Waals surface area contributed by atoms with Crippen molar-refractivity contribution < 1.29 is 33.4 Å². The molecule has 0 aliphatic carbocycles. The van der Waals surface area contributed by atoms with E-state index in [1.165, 1.54) is 0 Å². The summed E-state index contributed by atoms with van der Waals surface area (Å²) in [5, 5.41) is 36.0. The number of hydrogen-bond donors (Lipinski definition) is 5. The number of amides is 4. The molecule has 0 radical (unpaired) electrons. The molecule has 0 aromatic rings. The molecule has 0 aromatic heterocycles. The molecule has 15 heteroatoms. The Morgan fingerprint density at radius 1 is 0.658 bits per heavy atom. The first-order chi connectivity index (χ1) is 18.3. The van der Waals surface area contributed by atoms with Crippen molar-refractivity contribution in [3.63, 3.8) is 0 Å². The highest BCUT2D eigenvalue weighted by atomic mass is 16.5. The van der Waals surface area contributed by atoms with Crippen LogP contribution in [0.4, 0.5) is 0 Å². The maximum Gasteiger partial charge on any atom is 0.246 e. The van der Waals surface area contributed by atoms with Crippen LogP contribution in [0.3, 0.4) is 0 Å². The molecule has 210 valence electrons. The normalized spacial score (nSPS) is 10.4. The molecule has 0 aliphatic rings. The maximum absolute atomic E-state index is 12.2. The van der Waals surface area contributed by atoms with Crippen LogP contribution in [0.25, 0.3) is 0 Å². The molecule has 0 rings (SSSR count). The summed E-state index contributed by atoms with van der Waals surface area (Å²) in [5.74, 6) is -1.66. The quantitative estimate of drug-likeness (QED) is 0.0923. The molecule has 0 bridgehead atoms. The third-order valence-corrected chi connectivity index (χ3v) is 4.58. The highest BCUT2D eigenvalue weighted by Crippen LogP contribution is 2.10. The van der Waals surface area contributed by atoms with Crippen LogP contribution in [-0.4, -0.2) is 95.0 Å². The molecule has 0 spiro atoms. The van der Waals surface area contributed by atoms with Crippen LogP contribution in [0.5, 0.6) is 0 Å². The molecule has 6 N–H and O–H groups in total. The Balaban J connectivity index is 5.12. The Hall–Kier alpha value is -3.81. The van der Waals surface area contributed by atoms with Gasteiger partial charge in [0.1, 0.15) is 12.1 Å². The van der Waals surface area contributed by atoms with Gasteiger partial charge in [0.2, 0.25) is 23.6 Å². The zero-order valence-corrected chi connectivity index (χ0v) is 21.4. The molecular formula is C23H36N8O7. The molecule has 0 aromatic carbocycles. The van der Waals surface area contributed by atoms with Crippen molar-refractivity contribution in [1.29, 1.82) is 15.8 Å². The van der Waals surface area contributed by atoms with Crippen LogP contribution in [0.2, 0.25) is 0 Å². The summed E-state index contributed by atoms with van der Waals surface area (Å²) < 4.78 is 16.7. The van der Waals surface area contributed by atoms with E-state index >= 15 is 0 Å². The van der Waals surface area contributed by atoms with Crippen molar-refractivity contribution >= 4 is 23.6 Å². The summed E-state index contributed by atoms with van der Waals surface area (Å²) in [6.45, 7) is -0.734. The van der Waals surface area contributed by atoms with Gasteiger partial charge in [-0.3, -0.25) is 19.2 Å². The zero-order valence-electron chi connectivity index (χ0n) is 21.4. The minimum Gasteiger partial charge on any atom is -0.378 e. The van der Waals surface area contributed by atoms with Crippen molar-refractivity contribution in [2.75, 3.05) is 65.8 Å². The van der Waals surface area contributed by atoms with Crippen LogP contribution < -0.4 is 27.0 Å². The Labute approximate surface area is 221 Å². The summed E-state index contributed by atoms with van der Waals surface area (Å²) in [4.78, 5) is 47.8. The predicted octanol–water partition coefficient (Wildman–Crippen LogP) is -2.28. The fourth-order valence-corrected chi connectivity index (χ4v) is 2.79. The number of carbonyl (C=O) groups excluding carboxylic acids is 4. The van der Waals surface area contributed by atoms with Gasteiger partial charge in [-0.1, -0.05) is 0 Å². The van der Waals surface area contributed by atoms with Gasteiger partial charge in [-0.15, -0.1) is 0 Å². The van der Waals surface area contributed by atoms with E-state index in [1.54, 1.807) is 0 Å². The first-order valence-corrected chi connectivity index (χ1v) is 12.0. The second-order valence-corrected chi connectivity index (χ2v) is 7.90. The van der Waals surface area contributed by atoms with Crippen LogP contribution in [0.15, 0.2) is 0 Å². The second-order valence-electron chi connectivity index (χ2n) is 7.90. The van der Waals surface area contributed by atoms with Gasteiger partial charge >= 0.3 is 0 Å². The smallest absolute Gasteiger partial charge is 0.246 e. The van der Waals surface area contributed by atoms with E-state index in [0.717, 1.165) is 0 Å². The van der Waals surface area contributed by atoms with Crippen molar-refractivity contribution in [3.05, 3.63) is 0 Å². The fraction of sp³-hybridized carbons (Fsp3) is 0.696. The van der Waals surface area contributed by atoms with Crippen molar-refractivity contribution in [2.45, 2.75) is 37.6 Å². The number of nitrogens with two attached hydrogens (primary N) is 1. The lowest BCUT2D eigenvalue weighted by molar-refractivity contribution is -0.132. The highest BCUT2D eigenvalue weighted by molar-refractivity contribution is 5.79. The standard InChI is InChI=1S/C23H36N8O7/c24-6-1-9-28-19(32)4-12-36-16-23(31-21(34)14-27,18-38-15-22(35)30-11-3-8-26)17-37-13-5-20(33)29-10-2-7-25/h1-5,9-18,27H2,(H,28,32)(H,29,33)(H,30,35)(H,31,34). The van der Waals surface area contributed by atoms with Gasteiger partial charge in [0.25, 0.3) is 0 Å². The van der Waals surface area contributed by atoms with Crippen molar-refractivity contribution in [3.8, 4) is 18.2 Å². The lowest BCUT2D eigenvalue weighted by Gasteiger charge is -2.34. The van der Waals surface area contributed by atoms with E-state index in [0.29, 0.717) is 0 Å². The number of hydrogen-bond acceptors (Lipinski definition) is 11. The van der Waals surface area contributed by atoms with Gasteiger partial charge in [-0.2, -0.15) is 15.8 Å². The summed E-state index contributed by atoms with van der Waals surface area (Å²) in [6.07, 6.45) is 0.487. The van der Waals surface area contributed by atoms with Crippen molar-refractivity contribution in [1.82, 2.24) is 21.3 Å². The molecular weight excluding hydrogens is 500 g/mol. The summed E-state index contributed by atoms with van der Waals surface area (Å²) in [6, 6.07) is 5.73. The van der Waals surface area contributed by atoms with Crippen molar-refractivity contribution in [2.24, 2.45) is 5.73 Å². The number of carbonyl (C=O) groups is 4. The first-order valence-electron chi connectivity index (χ1n) is 12.0. The fourth-order valence-electron chi connectivity index (χ4n) is 2.79. The monoisotopic (exact) mass is 536 g/mol. The molecule has 0 unspecified atom stereocenters. The van der Waals surface area contributed by atoms with E-state index < -0.39 is 17.4 Å². The first kappa shape index (κ1) is 34.2. The number of ether oxygens (including phenoxy) is 3. The third-order valence-electron chi connectivity index (χ3n) is 4.58. The molecule has 0 fully saturated rings. The molecule has 0 saturated heterocycles. The van der Waals surface area contributed by atoms with Gasteiger partial charge in [0.15, 0.2) is 0 Å². The molecule has 0 saturated carbocycles. The number of nitrogens with zero attached hydrogens (tertiary/aromatic N) is 3. The Morgan fingerprint density at radius 3 is 1.50 bits per heavy atom. The minimum absolute atomic E-state index is 0.00176. The van der Waals surface area contributed by atoms with E-state index in [1.807, 2.05) is 18.2 Å². The topological polar surface area (TPSA) is 241 Å². The Kier molecular flexibility index (Phi) is 20.1. The van der Waals surface area contributed by atoms with Gasteiger partial charge in [0, 0.05) is 32.5 Å². The second kappa shape index (κ2) is 22.4. The number of nitriles is 3. The molecule has 4 amide bonds. The zero-order chi connectivity index (χ0) is 28.5. The highest BCUT2D eigenvalue weighted by Gasteiger charge is 2.34. The average Bonchev–Trinajstić information content (AvgIpc) is 2.89. The van der Waals surface area contributed by atoms with Crippen LogP contribution in [0.1, 0.15) is 32.1 Å². The number of nitrogens with one attached hydrogen (secondary N) is 4. The van der Waals surface area contributed by atoms with E-state index in [2.05, 4.69) is 21.3 Å². The van der Waals surface area contributed by atoms with Gasteiger partial charge in [0.05, 0.1) is 77.0 Å². The van der Waals surface area contributed by atoms with E-state index in [4.69, 9.17) is 35.7 Å². The largest absolute Gasteiger partial charge is 0.378 e. The summed E-state index contributed by atoms with van der Waals surface area (Å²) >= 11 is 0. The predicted molar refractivity (Wildman–Crippen MR) is 131 cm³/mol. The summed E-state index contributed by atoms with van der Waals surface area (Å²) in [7, 11) is 0. The number of rotatable bonds is 22. The van der Waals surface area contributed by atoms with Gasteiger partial charge < -0.3 is 41.2 Å². The van der Waals surface area contributed by atoms with Crippen LogP contribution in [-0.2, 0) is 33.4 Å². The SMILES string of the molecule is N#CCCNC(=O)CCOCC(COCCC(=O)NCCC#N)(COCC(=O)NCCC#N)NC(=O)CN. The van der Waals surface area contributed by atoms with Crippen LogP contribution >= 0.6 is 0 Å². The third kappa shape index (κ3) is 18.5. The van der Waals surface area contributed by atoms with Gasteiger partial charge in [-0.25, -0.2) is 0 Å².